The van der Waals surface area contributed by atoms with Crippen molar-refractivity contribution in [2.75, 3.05) is 6.54 Å². The molecule has 0 unspecified atom stereocenters. The SMILES string of the molecule is C[C@@H]1CN(C(=O)c2ccccc2)[C@@H](C)C[C@H]1O. The first kappa shape index (κ1) is 12.1. The van der Waals surface area contributed by atoms with E-state index in [-0.39, 0.29) is 24.0 Å². The summed E-state index contributed by atoms with van der Waals surface area (Å²) in [6.07, 6.45) is 0.379. The molecule has 1 aromatic rings. The van der Waals surface area contributed by atoms with Crippen LogP contribution in [0.25, 0.3) is 0 Å². The zero-order valence-corrected chi connectivity index (χ0v) is 10.3. The zero-order valence-electron chi connectivity index (χ0n) is 10.3. The Hall–Kier alpha value is -1.35. The van der Waals surface area contributed by atoms with Gasteiger partial charge >= 0.3 is 0 Å². The minimum absolute atomic E-state index is 0.0665. The molecule has 0 aliphatic carbocycles. The molecular formula is C14H19NO2. The summed E-state index contributed by atoms with van der Waals surface area (Å²) in [4.78, 5) is 14.2. The molecule has 3 nitrogen and oxygen atoms in total. The van der Waals surface area contributed by atoms with Crippen LogP contribution in [-0.4, -0.2) is 34.6 Å². The van der Waals surface area contributed by atoms with E-state index in [2.05, 4.69) is 0 Å². The van der Waals surface area contributed by atoms with Crippen LogP contribution in [0, 0.1) is 5.92 Å². The fourth-order valence-corrected chi connectivity index (χ4v) is 2.35. The standard InChI is InChI=1S/C14H19NO2/c1-10-9-15(11(2)8-13(10)16)14(17)12-6-4-3-5-7-12/h3-7,10-11,13,16H,8-9H2,1-2H3/t10-,11+,13-/m1/s1. The molecule has 2 rings (SSSR count). The number of hydrogen-bond acceptors (Lipinski definition) is 2. The van der Waals surface area contributed by atoms with Gasteiger partial charge in [0.05, 0.1) is 6.10 Å². The number of rotatable bonds is 1. The molecule has 17 heavy (non-hydrogen) atoms. The molecule has 3 atom stereocenters. The normalized spacial score (nSPS) is 29.1. The van der Waals surface area contributed by atoms with Gasteiger partial charge < -0.3 is 10.0 Å². The van der Waals surface area contributed by atoms with Crippen molar-refractivity contribution in [3.05, 3.63) is 35.9 Å². The number of carbonyl (C=O) groups is 1. The molecule has 0 spiro atoms. The number of aliphatic hydroxyl groups excluding tert-OH is 1. The number of aliphatic hydroxyl groups is 1. The highest BCUT2D eigenvalue weighted by atomic mass is 16.3. The molecule has 3 heteroatoms. The fourth-order valence-electron chi connectivity index (χ4n) is 2.35. The van der Waals surface area contributed by atoms with Crippen LogP contribution in [0.4, 0.5) is 0 Å². The highest BCUT2D eigenvalue weighted by Crippen LogP contribution is 2.23. The predicted molar refractivity (Wildman–Crippen MR) is 66.7 cm³/mol. The fraction of sp³-hybridized carbons (Fsp3) is 0.500. The van der Waals surface area contributed by atoms with Crippen molar-refractivity contribution in [1.29, 1.82) is 0 Å². The molecule has 1 aliphatic rings. The Morgan fingerprint density at radius 3 is 2.59 bits per heavy atom. The molecule has 0 bridgehead atoms. The van der Waals surface area contributed by atoms with Gasteiger partial charge in [-0.15, -0.1) is 0 Å². The number of nitrogens with zero attached hydrogens (tertiary/aromatic N) is 1. The third kappa shape index (κ3) is 2.50. The lowest BCUT2D eigenvalue weighted by Gasteiger charge is -2.39. The monoisotopic (exact) mass is 233 g/mol. The maximum atomic E-state index is 12.3. The third-order valence-corrected chi connectivity index (χ3v) is 3.54. The van der Waals surface area contributed by atoms with Gasteiger partial charge in [-0.25, -0.2) is 0 Å². The van der Waals surface area contributed by atoms with Crippen LogP contribution in [0.15, 0.2) is 30.3 Å². The Morgan fingerprint density at radius 2 is 1.94 bits per heavy atom. The van der Waals surface area contributed by atoms with Crippen molar-refractivity contribution in [2.45, 2.75) is 32.4 Å². The highest BCUT2D eigenvalue weighted by molar-refractivity contribution is 5.94. The van der Waals surface area contributed by atoms with E-state index in [0.29, 0.717) is 13.0 Å². The second-order valence-corrected chi connectivity index (χ2v) is 4.95. The summed E-state index contributed by atoms with van der Waals surface area (Å²) in [5.41, 5.74) is 0.725. The Kier molecular flexibility index (Phi) is 3.48. The van der Waals surface area contributed by atoms with Gasteiger partial charge in [-0.1, -0.05) is 25.1 Å². The lowest BCUT2D eigenvalue weighted by molar-refractivity contribution is 0.00829. The lowest BCUT2D eigenvalue weighted by atomic mass is 9.91. The number of hydrogen-bond donors (Lipinski definition) is 1. The minimum Gasteiger partial charge on any atom is -0.393 e. The van der Waals surface area contributed by atoms with Crippen molar-refractivity contribution < 1.29 is 9.90 Å². The smallest absolute Gasteiger partial charge is 0.254 e. The van der Waals surface area contributed by atoms with Gasteiger partial charge in [0.2, 0.25) is 0 Å². The molecule has 0 radical (unpaired) electrons. The van der Waals surface area contributed by atoms with E-state index >= 15 is 0 Å². The molecule has 1 fully saturated rings. The number of benzene rings is 1. The second kappa shape index (κ2) is 4.88. The van der Waals surface area contributed by atoms with Crippen LogP contribution in [0.2, 0.25) is 0 Å². The quantitative estimate of drug-likeness (QED) is 0.805. The summed E-state index contributed by atoms with van der Waals surface area (Å²) in [5.74, 6) is 0.218. The Balaban J connectivity index is 2.15. The van der Waals surface area contributed by atoms with Crippen LogP contribution < -0.4 is 0 Å². The van der Waals surface area contributed by atoms with Gasteiger partial charge in [0, 0.05) is 18.2 Å². The van der Waals surface area contributed by atoms with E-state index in [1.807, 2.05) is 49.1 Å². The van der Waals surface area contributed by atoms with Crippen molar-refractivity contribution in [2.24, 2.45) is 5.92 Å². The molecular weight excluding hydrogens is 214 g/mol. The second-order valence-electron chi connectivity index (χ2n) is 4.95. The van der Waals surface area contributed by atoms with Crippen LogP contribution in [0.1, 0.15) is 30.6 Å². The number of amides is 1. The van der Waals surface area contributed by atoms with Crippen molar-refractivity contribution >= 4 is 5.91 Å². The Morgan fingerprint density at radius 1 is 1.29 bits per heavy atom. The average Bonchev–Trinajstić information content (AvgIpc) is 2.34. The molecule has 1 N–H and O–H groups in total. The van der Waals surface area contributed by atoms with Gasteiger partial charge in [0.1, 0.15) is 0 Å². The molecule has 0 aromatic heterocycles. The lowest BCUT2D eigenvalue weighted by Crippen LogP contribution is -2.50. The van der Waals surface area contributed by atoms with Gasteiger partial charge in [0.15, 0.2) is 0 Å². The maximum absolute atomic E-state index is 12.3. The van der Waals surface area contributed by atoms with Gasteiger partial charge in [-0.05, 0) is 31.4 Å². The summed E-state index contributed by atoms with van der Waals surface area (Å²) in [5, 5.41) is 9.78. The summed E-state index contributed by atoms with van der Waals surface area (Å²) in [6, 6.07) is 9.44. The van der Waals surface area contributed by atoms with Crippen LogP contribution >= 0.6 is 0 Å². The molecule has 0 saturated carbocycles. The van der Waals surface area contributed by atoms with Gasteiger partial charge in [0.25, 0.3) is 5.91 Å². The van der Waals surface area contributed by atoms with E-state index in [0.717, 1.165) is 5.56 Å². The van der Waals surface area contributed by atoms with E-state index in [9.17, 15) is 9.90 Å². The van der Waals surface area contributed by atoms with Gasteiger partial charge in [-0.3, -0.25) is 4.79 Å². The molecule has 1 aliphatic heterocycles. The number of likely N-dealkylation sites (tertiary alicyclic amines) is 1. The largest absolute Gasteiger partial charge is 0.393 e. The first-order chi connectivity index (χ1) is 8.09. The summed E-state index contributed by atoms with van der Waals surface area (Å²) in [6.45, 7) is 4.62. The highest BCUT2D eigenvalue weighted by Gasteiger charge is 2.32. The number of piperidine rings is 1. The van der Waals surface area contributed by atoms with Crippen LogP contribution in [0.5, 0.6) is 0 Å². The van der Waals surface area contributed by atoms with Crippen molar-refractivity contribution in [3.63, 3.8) is 0 Å². The van der Waals surface area contributed by atoms with Crippen molar-refractivity contribution in [3.8, 4) is 0 Å². The minimum atomic E-state index is -0.287. The molecule has 1 heterocycles. The first-order valence-corrected chi connectivity index (χ1v) is 6.13. The Labute approximate surface area is 102 Å². The zero-order chi connectivity index (χ0) is 12.4. The van der Waals surface area contributed by atoms with Crippen LogP contribution in [-0.2, 0) is 0 Å². The van der Waals surface area contributed by atoms with Crippen LogP contribution in [0.3, 0.4) is 0 Å². The van der Waals surface area contributed by atoms with Gasteiger partial charge in [-0.2, -0.15) is 0 Å². The van der Waals surface area contributed by atoms with E-state index in [4.69, 9.17) is 0 Å². The molecule has 1 amide bonds. The maximum Gasteiger partial charge on any atom is 0.254 e. The third-order valence-electron chi connectivity index (χ3n) is 3.54. The van der Waals surface area contributed by atoms with E-state index in [1.54, 1.807) is 0 Å². The average molecular weight is 233 g/mol. The van der Waals surface area contributed by atoms with E-state index in [1.165, 1.54) is 0 Å². The molecule has 92 valence electrons. The first-order valence-electron chi connectivity index (χ1n) is 6.13. The summed E-state index contributed by atoms with van der Waals surface area (Å²) < 4.78 is 0. The summed E-state index contributed by atoms with van der Waals surface area (Å²) in [7, 11) is 0. The number of carbonyl (C=O) groups excluding carboxylic acids is 1. The predicted octanol–water partition coefficient (Wildman–Crippen LogP) is 1.92. The van der Waals surface area contributed by atoms with Crippen molar-refractivity contribution in [1.82, 2.24) is 4.90 Å². The molecule has 1 saturated heterocycles. The van der Waals surface area contributed by atoms with E-state index < -0.39 is 0 Å². The summed E-state index contributed by atoms with van der Waals surface area (Å²) >= 11 is 0. The topological polar surface area (TPSA) is 40.5 Å². The molecule has 1 aromatic carbocycles. The Bertz CT molecular complexity index is 390.